The van der Waals surface area contributed by atoms with E-state index in [-0.39, 0.29) is 23.8 Å². The molecule has 0 bridgehead atoms. The number of carbonyl (C=O) groups excluding carboxylic acids is 2. The predicted octanol–water partition coefficient (Wildman–Crippen LogP) is 5.02. The van der Waals surface area contributed by atoms with Crippen molar-refractivity contribution >= 4 is 34.0 Å². The lowest BCUT2D eigenvalue weighted by molar-refractivity contribution is -0.142. The quantitative estimate of drug-likeness (QED) is 0.637. The summed E-state index contributed by atoms with van der Waals surface area (Å²) >= 11 is 1.66. The van der Waals surface area contributed by atoms with E-state index >= 15 is 0 Å². The van der Waals surface area contributed by atoms with Gasteiger partial charge in [-0.3, -0.25) is 14.6 Å². The highest BCUT2D eigenvalue weighted by Crippen LogP contribution is 2.30. The lowest BCUT2D eigenvalue weighted by Gasteiger charge is -2.28. The second kappa shape index (κ2) is 11.2. The average Bonchev–Trinajstić information content (AvgIpc) is 2.99. The van der Waals surface area contributed by atoms with Gasteiger partial charge in [0.1, 0.15) is 6.04 Å². The van der Waals surface area contributed by atoms with Crippen LogP contribution >= 0.6 is 11.8 Å². The lowest BCUT2D eigenvalue weighted by atomic mass is 9.98. The van der Waals surface area contributed by atoms with Crippen LogP contribution < -0.4 is 5.32 Å². The summed E-state index contributed by atoms with van der Waals surface area (Å²) in [5.74, 6) is 0.745. The molecule has 1 saturated carbocycles. The topological polar surface area (TPSA) is 61.8 Å². The maximum absolute atomic E-state index is 13.1. The molecule has 0 spiro atoms. The molecule has 172 valence electrons. The Morgan fingerprint density at radius 2 is 1.81 bits per heavy atom. The van der Waals surface area contributed by atoms with Crippen molar-refractivity contribution in [1.82, 2.24) is 10.2 Å². The maximum Gasteiger partial charge on any atom is 0.243 e. The molecule has 2 atom stereocenters. The van der Waals surface area contributed by atoms with Gasteiger partial charge in [-0.15, -0.1) is 0 Å². The monoisotopic (exact) mass is 453 g/mol. The standard InChI is InChI=1S/C26H35N3O2S/c1-19-15-24(32-18-27-16-19)21-12-10-20(11-13-21)17-28-25(30)23-9-6-14-29(23)26(31)22-7-4-2-3-5-8-22/h10-13,15,18-19,22-23H,2-9,14,16-17H2,1H3,(H,28,30)/t19?,23-/m0/s1. The highest BCUT2D eigenvalue weighted by Gasteiger charge is 2.36. The number of benzene rings is 1. The van der Waals surface area contributed by atoms with Crippen LogP contribution in [0.25, 0.3) is 4.91 Å². The molecule has 0 aromatic heterocycles. The van der Waals surface area contributed by atoms with Gasteiger partial charge in [0.2, 0.25) is 11.8 Å². The SMILES string of the molecule is CC1C=C(c2ccc(CNC(=O)[C@@H]3CCCN3C(=O)C3CCCCCC3)cc2)SC=NC1. The molecule has 1 aliphatic carbocycles. The molecular formula is C26H35N3O2S. The number of likely N-dealkylation sites (tertiary alicyclic amines) is 1. The smallest absolute Gasteiger partial charge is 0.243 e. The van der Waals surface area contributed by atoms with Crippen molar-refractivity contribution < 1.29 is 9.59 Å². The van der Waals surface area contributed by atoms with Crippen molar-refractivity contribution in [3.8, 4) is 0 Å². The highest BCUT2D eigenvalue weighted by molar-refractivity contribution is 8.20. The number of nitrogens with one attached hydrogen (secondary N) is 1. The second-order valence-corrected chi connectivity index (χ2v) is 10.3. The van der Waals surface area contributed by atoms with Crippen molar-refractivity contribution in [2.75, 3.05) is 13.1 Å². The van der Waals surface area contributed by atoms with Gasteiger partial charge in [0.05, 0.1) is 5.55 Å². The number of thioether (sulfide) groups is 1. The molecule has 5 nitrogen and oxygen atoms in total. The summed E-state index contributed by atoms with van der Waals surface area (Å²) in [5, 5.41) is 3.08. The molecule has 1 saturated heterocycles. The van der Waals surface area contributed by atoms with E-state index in [2.05, 4.69) is 47.6 Å². The van der Waals surface area contributed by atoms with E-state index in [0.717, 1.165) is 57.2 Å². The largest absolute Gasteiger partial charge is 0.350 e. The number of nitrogens with zero attached hydrogens (tertiary/aromatic N) is 2. The van der Waals surface area contributed by atoms with Crippen LogP contribution in [-0.4, -0.2) is 41.4 Å². The lowest BCUT2D eigenvalue weighted by Crippen LogP contribution is -2.47. The Bertz CT molecular complexity index is 856. The van der Waals surface area contributed by atoms with Gasteiger partial charge in [-0.05, 0) is 42.7 Å². The van der Waals surface area contributed by atoms with E-state index in [1.807, 2.05) is 10.4 Å². The van der Waals surface area contributed by atoms with Crippen LogP contribution in [0.3, 0.4) is 0 Å². The first kappa shape index (κ1) is 23.1. The molecule has 6 heteroatoms. The molecule has 2 fully saturated rings. The fourth-order valence-electron chi connectivity index (χ4n) is 4.98. The summed E-state index contributed by atoms with van der Waals surface area (Å²) in [4.78, 5) is 33.5. The molecule has 3 aliphatic rings. The number of hydrogen-bond acceptors (Lipinski definition) is 4. The Balaban J connectivity index is 1.32. The third-order valence-corrected chi connectivity index (χ3v) is 7.71. The Morgan fingerprint density at radius 1 is 1.06 bits per heavy atom. The maximum atomic E-state index is 13.1. The zero-order valence-electron chi connectivity index (χ0n) is 19.1. The minimum Gasteiger partial charge on any atom is -0.350 e. The van der Waals surface area contributed by atoms with Gasteiger partial charge in [-0.1, -0.05) is 74.7 Å². The van der Waals surface area contributed by atoms with Crippen molar-refractivity contribution in [2.24, 2.45) is 16.8 Å². The minimum atomic E-state index is -0.307. The van der Waals surface area contributed by atoms with Gasteiger partial charge in [-0.2, -0.15) is 0 Å². The summed E-state index contributed by atoms with van der Waals surface area (Å²) in [5.41, 5.74) is 4.18. The first-order valence-corrected chi connectivity index (χ1v) is 13.0. The minimum absolute atomic E-state index is 0.0133. The van der Waals surface area contributed by atoms with Crippen molar-refractivity contribution in [3.63, 3.8) is 0 Å². The first-order valence-electron chi connectivity index (χ1n) is 12.2. The van der Waals surface area contributed by atoms with Gasteiger partial charge in [0.15, 0.2) is 0 Å². The number of amides is 2. The molecule has 2 heterocycles. The van der Waals surface area contributed by atoms with Crippen molar-refractivity contribution in [2.45, 2.75) is 70.9 Å². The first-order chi connectivity index (χ1) is 15.6. The zero-order valence-corrected chi connectivity index (χ0v) is 19.9. The summed E-state index contributed by atoms with van der Waals surface area (Å²) < 4.78 is 0. The van der Waals surface area contributed by atoms with Crippen LogP contribution in [0.5, 0.6) is 0 Å². The number of carbonyl (C=O) groups is 2. The van der Waals surface area contributed by atoms with Crippen LogP contribution in [0.4, 0.5) is 0 Å². The van der Waals surface area contributed by atoms with E-state index in [1.165, 1.54) is 23.3 Å². The third-order valence-electron chi connectivity index (χ3n) is 6.83. The summed E-state index contributed by atoms with van der Waals surface area (Å²) in [6.07, 6.45) is 10.7. The van der Waals surface area contributed by atoms with E-state index in [4.69, 9.17) is 0 Å². The average molecular weight is 454 g/mol. The van der Waals surface area contributed by atoms with Gasteiger partial charge in [-0.25, -0.2) is 0 Å². The molecule has 0 radical (unpaired) electrons. The molecular weight excluding hydrogens is 418 g/mol. The van der Waals surface area contributed by atoms with E-state index in [1.54, 1.807) is 11.8 Å². The van der Waals surface area contributed by atoms with E-state index < -0.39 is 0 Å². The number of rotatable bonds is 5. The molecule has 1 aromatic carbocycles. The molecule has 1 unspecified atom stereocenters. The fraction of sp³-hybridized carbons (Fsp3) is 0.577. The normalized spacial score (nSPS) is 24.5. The number of aliphatic imine (C=N–C) groups is 1. The van der Waals surface area contributed by atoms with Gasteiger partial charge in [0.25, 0.3) is 0 Å². The molecule has 1 N–H and O–H groups in total. The highest BCUT2D eigenvalue weighted by atomic mass is 32.2. The van der Waals surface area contributed by atoms with E-state index in [0.29, 0.717) is 12.5 Å². The Labute approximate surface area is 196 Å². The fourth-order valence-corrected chi connectivity index (χ4v) is 5.83. The second-order valence-electron chi connectivity index (χ2n) is 9.39. The molecule has 32 heavy (non-hydrogen) atoms. The Hall–Kier alpha value is -2.08. The van der Waals surface area contributed by atoms with Gasteiger partial charge >= 0.3 is 0 Å². The van der Waals surface area contributed by atoms with Crippen LogP contribution in [0.2, 0.25) is 0 Å². The van der Waals surface area contributed by atoms with Crippen LogP contribution in [0, 0.1) is 11.8 Å². The Morgan fingerprint density at radius 3 is 2.56 bits per heavy atom. The number of hydrogen-bond donors (Lipinski definition) is 1. The zero-order chi connectivity index (χ0) is 22.3. The van der Waals surface area contributed by atoms with E-state index in [9.17, 15) is 9.59 Å². The summed E-state index contributed by atoms with van der Waals surface area (Å²) in [6, 6.07) is 8.07. The molecule has 2 aliphatic heterocycles. The van der Waals surface area contributed by atoms with Gasteiger partial charge in [0, 0.05) is 30.5 Å². The summed E-state index contributed by atoms with van der Waals surface area (Å²) in [7, 11) is 0. The molecule has 2 amide bonds. The predicted molar refractivity (Wildman–Crippen MR) is 132 cm³/mol. The van der Waals surface area contributed by atoms with Crippen molar-refractivity contribution in [3.05, 3.63) is 41.5 Å². The summed E-state index contributed by atoms with van der Waals surface area (Å²) in [6.45, 7) is 4.23. The van der Waals surface area contributed by atoms with Crippen molar-refractivity contribution in [1.29, 1.82) is 0 Å². The molecule has 4 rings (SSSR count). The Kier molecular flexibility index (Phi) is 8.06. The van der Waals surface area contributed by atoms with Crippen LogP contribution in [0.1, 0.15) is 69.4 Å². The van der Waals surface area contributed by atoms with Crippen LogP contribution in [-0.2, 0) is 16.1 Å². The third kappa shape index (κ3) is 5.83. The van der Waals surface area contributed by atoms with Crippen LogP contribution in [0.15, 0.2) is 35.3 Å². The molecule has 1 aromatic rings. The van der Waals surface area contributed by atoms with Gasteiger partial charge < -0.3 is 10.2 Å².